The Morgan fingerprint density at radius 2 is 1.85 bits per heavy atom. The maximum absolute atomic E-state index is 12.5. The Kier molecular flexibility index (Phi) is 5.29. The number of carbonyl (C=O) groups excluding carboxylic acids is 1. The van der Waals surface area contributed by atoms with E-state index >= 15 is 0 Å². The summed E-state index contributed by atoms with van der Waals surface area (Å²) in [6.45, 7) is 4.10. The van der Waals surface area contributed by atoms with Crippen LogP contribution in [0.5, 0.6) is 0 Å². The Labute approximate surface area is 162 Å². The van der Waals surface area contributed by atoms with E-state index in [1.165, 1.54) is 28.5 Å². The molecule has 3 aromatic rings. The van der Waals surface area contributed by atoms with E-state index in [0.717, 1.165) is 17.5 Å². The lowest BCUT2D eigenvalue weighted by Gasteiger charge is -2.06. The molecular formula is C19H19N3O3S2. The molecule has 1 heterocycles. The van der Waals surface area contributed by atoms with Crippen LogP contribution in [0.3, 0.4) is 0 Å². The Hall–Kier alpha value is -2.71. The second-order valence-electron chi connectivity index (χ2n) is 6.25. The van der Waals surface area contributed by atoms with E-state index < -0.39 is 10.0 Å². The SMILES string of the molecule is Cc1ccc(-c2csc(NC(=O)c3cccc(NS(C)(=O)=O)c3)n2)cc1C. The highest BCUT2D eigenvalue weighted by atomic mass is 32.2. The molecule has 0 unspecified atom stereocenters. The zero-order valence-electron chi connectivity index (χ0n) is 15.1. The van der Waals surface area contributed by atoms with Gasteiger partial charge in [0.15, 0.2) is 5.13 Å². The highest BCUT2D eigenvalue weighted by molar-refractivity contribution is 7.92. The van der Waals surface area contributed by atoms with E-state index in [4.69, 9.17) is 0 Å². The quantitative estimate of drug-likeness (QED) is 0.675. The predicted molar refractivity (Wildman–Crippen MR) is 110 cm³/mol. The Balaban J connectivity index is 1.76. The third kappa shape index (κ3) is 4.93. The van der Waals surface area contributed by atoms with Gasteiger partial charge in [0.1, 0.15) is 0 Å². The maximum atomic E-state index is 12.5. The zero-order valence-corrected chi connectivity index (χ0v) is 16.7. The van der Waals surface area contributed by atoms with Crippen molar-refractivity contribution in [3.63, 3.8) is 0 Å². The van der Waals surface area contributed by atoms with E-state index in [1.807, 2.05) is 24.4 Å². The number of hydrogen-bond donors (Lipinski definition) is 2. The zero-order chi connectivity index (χ0) is 19.6. The highest BCUT2D eigenvalue weighted by Gasteiger charge is 2.12. The summed E-state index contributed by atoms with van der Waals surface area (Å²) >= 11 is 1.34. The average molecular weight is 402 g/mol. The molecule has 0 fully saturated rings. The van der Waals surface area contributed by atoms with Crippen molar-refractivity contribution in [1.82, 2.24) is 4.98 Å². The fourth-order valence-electron chi connectivity index (χ4n) is 2.47. The first-order valence-corrected chi connectivity index (χ1v) is 10.9. The molecule has 1 aromatic heterocycles. The summed E-state index contributed by atoms with van der Waals surface area (Å²) in [5.41, 5.74) is 4.86. The average Bonchev–Trinajstić information content (AvgIpc) is 3.04. The highest BCUT2D eigenvalue weighted by Crippen LogP contribution is 2.27. The second-order valence-corrected chi connectivity index (χ2v) is 8.85. The first-order valence-electron chi connectivity index (χ1n) is 8.13. The van der Waals surface area contributed by atoms with Crippen LogP contribution in [0.2, 0.25) is 0 Å². The number of anilines is 2. The molecule has 1 amide bonds. The molecule has 0 bridgehead atoms. The summed E-state index contributed by atoms with van der Waals surface area (Å²) in [6.07, 6.45) is 1.06. The van der Waals surface area contributed by atoms with Gasteiger partial charge < -0.3 is 0 Å². The van der Waals surface area contributed by atoms with Gasteiger partial charge in [-0.3, -0.25) is 14.8 Å². The number of nitrogens with one attached hydrogen (secondary N) is 2. The van der Waals surface area contributed by atoms with Crippen LogP contribution in [0.4, 0.5) is 10.8 Å². The van der Waals surface area contributed by atoms with Crippen molar-refractivity contribution >= 4 is 38.1 Å². The lowest BCUT2D eigenvalue weighted by Crippen LogP contribution is -2.13. The molecule has 0 aliphatic carbocycles. The lowest BCUT2D eigenvalue weighted by atomic mass is 10.1. The number of hydrogen-bond acceptors (Lipinski definition) is 5. The number of benzene rings is 2. The number of aryl methyl sites for hydroxylation is 2. The van der Waals surface area contributed by atoms with Crippen molar-refractivity contribution in [3.8, 4) is 11.3 Å². The van der Waals surface area contributed by atoms with Crippen LogP contribution in [-0.2, 0) is 10.0 Å². The van der Waals surface area contributed by atoms with Crippen LogP contribution in [0.25, 0.3) is 11.3 Å². The molecule has 0 saturated heterocycles. The van der Waals surface area contributed by atoms with E-state index in [2.05, 4.69) is 28.0 Å². The third-order valence-corrected chi connectivity index (χ3v) is 5.32. The van der Waals surface area contributed by atoms with Crippen molar-refractivity contribution < 1.29 is 13.2 Å². The Morgan fingerprint density at radius 3 is 2.56 bits per heavy atom. The van der Waals surface area contributed by atoms with Gasteiger partial charge in [0, 0.05) is 22.2 Å². The van der Waals surface area contributed by atoms with Crippen LogP contribution in [0, 0.1) is 13.8 Å². The molecule has 0 aliphatic heterocycles. The van der Waals surface area contributed by atoms with Crippen molar-refractivity contribution in [1.29, 1.82) is 0 Å². The molecule has 6 nitrogen and oxygen atoms in total. The van der Waals surface area contributed by atoms with Gasteiger partial charge in [-0.2, -0.15) is 0 Å². The topological polar surface area (TPSA) is 88.2 Å². The minimum absolute atomic E-state index is 0.333. The van der Waals surface area contributed by atoms with E-state index in [9.17, 15) is 13.2 Å². The lowest BCUT2D eigenvalue weighted by molar-refractivity contribution is 0.102. The normalized spacial score (nSPS) is 11.2. The Morgan fingerprint density at radius 1 is 1.07 bits per heavy atom. The predicted octanol–water partition coefficient (Wildman–Crippen LogP) is 4.05. The molecule has 8 heteroatoms. The standard InChI is InChI=1S/C19H19N3O3S2/c1-12-7-8-14(9-13(12)2)17-11-26-19(20-17)21-18(23)15-5-4-6-16(10-15)22-27(3,24)25/h4-11,22H,1-3H3,(H,20,21,23). The molecule has 2 aromatic carbocycles. The maximum Gasteiger partial charge on any atom is 0.257 e. The van der Waals surface area contributed by atoms with Crippen molar-refractivity contribution in [2.75, 3.05) is 16.3 Å². The van der Waals surface area contributed by atoms with Gasteiger partial charge in [0.2, 0.25) is 10.0 Å². The second kappa shape index (κ2) is 7.50. The van der Waals surface area contributed by atoms with Crippen molar-refractivity contribution in [2.24, 2.45) is 0 Å². The molecule has 2 N–H and O–H groups in total. The number of aromatic nitrogens is 1. The Bertz CT molecular complexity index is 1100. The molecule has 0 atom stereocenters. The summed E-state index contributed by atoms with van der Waals surface area (Å²) in [5.74, 6) is -0.354. The van der Waals surface area contributed by atoms with Gasteiger partial charge in [-0.15, -0.1) is 11.3 Å². The third-order valence-electron chi connectivity index (χ3n) is 3.96. The van der Waals surface area contributed by atoms with Crippen molar-refractivity contribution in [2.45, 2.75) is 13.8 Å². The van der Waals surface area contributed by atoms with Crippen LogP contribution < -0.4 is 10.0 Å². The molecule has 27 heavy (non-hydrogen) atoms. The number of nitrogens with zero attached hydrogens (tertiary/aromatic N) is 1. The molecule has 0 aliphatic rings. The number of carbonyl (C=O) groups is 1. The van der Waals surface area contributed by atoms with Gasteiger partial charge in [0.05, 0.1) is 11.9 Å². The van der Waals surface area contributed by atoms with Crippen LogP contribution in [0.15, 0.2) is 47.8 Å². The molecule has 3 rings (SSSR count). The van der Waals surface area contributed by atoms with Crippen LogP contribution in [0.1, 0.15) is 21.5 Å². The van der Waals surface area contributed by atoms with E-state index in [0.29, 0.717) is 16.4 Å². The van der Waals surface area contributed by atoms with E-state index in [-0.39, 0.29) is 5.91 Å². The smallest absolute Gasteiger partial charge is 0.257 e. The van der Waals surface area contributed by atoms with Gasteiger partial charge in [-0.25, -0.2) is 13.4 Å². The fourth-order valence-corrected chi connectivity index (χ4v) is 3.74. The number of rotatable bonds is 5. The number of thiazole rings is 1. The number of amides is 1. The van der Waals surface area contributed by atoms with Gasteiger partial charge in [-0.1, -0.05) is 18.2 Å². The first kappa shape index (κ1) is 19.1. The minimum Gasteiger partial charge on any atom is -0.298 e. The van der Waals surface area contributed by atoms with Crippen molar-refractivity contribution in [3.05, 3.63) is 64.5 Å². The van der Waals surface area contributed by atoms with Crippen LogP contribution >= 0.6 is 11.3 Å². The molecule has 140 valence electrons. The monoisotopic (exact) mass is 401 g/mol. The molecule has 0 spiro atoms. The molecular weight excluding hydrogens is 382 g/mol. The minimum atomic E-state index is -3.40. The summed E-state index contributed by atoms with van der Waals surface area (Å²) in [6, 6.07) is 12.4. The largest absolute Gasteiger partial charge is 0.298 e. The summed E-state index contributed by atoms with van der Waals surface area (Å²) in [4.78, 5) is 16.9. The van der Waals surface area contributed by atoms with Gasteiger partial charge >= 0.3 is 0 Å². The van der Waals surface area contributed by atoms with Gasteiger partial charge in [-0.05, 0) is 49.2 Å². The fraction of sp³-hybridized carbons (Fsp3) is 0.158. The molecule has 0 saturated carbocycles. The number of sulfonamides is 1. The van der Waals surface area contributed by atoms with Gasteiger partial charge in [0.25, 0.3) is 5.91 Å². The first-order chi connectivity index (χ1) is 12.7. The summed E-state index contributed by atoms with van der Waals surface area (Å²) in [7, 11) is -3.40. The van der Waals surface area contributed by atoms with Crippen LogP contribution in [-0.4, -0.2) is 25.6 Å². The molecule has 0 radical (unpaired) electrons. The summed E-state index contributed by atoms with van der Waals surface area (Å²) in [5, 5.41) is 5.13. The van der Waals surface area contributed by atoms with E-state index in [1.54, 1.807) is 18.2 Å². The summed E-state index contributed by atoms with van der Waals surface area (Å²) < 4.78 is 25.0.